The molecule has 0 fully saturated rings. The molecule has 0 aliphatic carbocycles. The lowest BCUT2D eigenvalue weighted by Gasteiger charge is -2.34. The minimum atomic E-state index is -5.45. The Balaban J connectivity index is 2.25. The summed E-state index contributed by atoms with van der Waals surface area (Å²) in [5.74, 6) is -2.17. The third-order valence-corrected chi connectivity index (χ3v) is 5.59. The first-order valence-electron chi connectivity index (χ1n) is 10.7. The average molecular weight is 526 g/mol. The van der Waals surface area contributed by atoms with Gasteiger partial charge in [-0.3, -0.25) is 19.8 Å². The van der Waals surface area contributed by atoms with Crippen LogP contribution in [-0.4, -0.2) is 30.2 Å². The second-order valence-corrected chi connectivity index (χ2v) is 7.98. The monoisotopic (exact) mass is 526 g/mol. The molecule has 0 aliphatic heterocycles. The third kappa shape index (κ3) is 6.57. The Morgan fingerprint density at radius 1 is 0.919 bits per heavy atom. The van der Waals surface area contributed by atoms with Gasteiger partial charge in [-0.2, -0.15) is 26.3 Å². The number of benzene rings is 3. The molecule has 0 aromatic heterocycles. The third-order valence-electron chi connectivity index (χ3n) is 5.59. The van der Waals surface area contributed by atoms with E-state index >= 15 is 0 Å². The van der Waals surface area contributed by atoms with Crippen LogP contribution < -0.4 is 9.64 Å². The molecule has 0 spiro atoms. The Morgan fingerprint density at radius 3 is 1.95 bits per heavy atom. The molecule has 3 rings (SSSR count). The molecule has 37 heavy (non-hydrogen) atoms. The predicted octanol–water partition coefficient (Wildman–Crippen LogP) is 6.24. The van der Waals surface area contributed by atoms with E-state index in [1.807, 2.05) is 0 Å². The minimum Gasteiger partial charge on any atom is -0.497 e. The van der Waals surface area contributed by atoms with E-state index in [1.54, 1.807) is 18.2 Å². The lowest BCUT2D eigenvalue weighted by atomic mass is 9.91. The zero-order valence-electron chi connectivity index (χ0n) is 19.2. The highest BCUT2D eigenvalue weighted by molar-refractivity contribution is 5.98. The van der Waals surface area contributed by atoms with E-state index < -0.39 is 47.3 Å². The minimum absolute atomic E-state index is 0.207. The number of hydrogen-bond acceptors (Lipinski definition) is 4. The molecule has 1 amide bonds. The van der Waals surface area contributed by atoms with Crippen molar-refractivity contribution in [3.05, 3.63) is 106 Å². The van der Waals surface area contributed by atoms with E-state index in [4.69, 9.17) is 4.74 Å². The number of ether oxygens (including phenoxy) is 1. The summed E-state index contributed by atoms with van der Waals surface area (Å²) in [6.07, 6.45) is -10.6. The summed E-state index contributed by atoms with van der Waals surface area (Å²) < 4.78 is 85.8. The summed E-state index contributed by atoms with van der Waals surface area (Å²) in [6, 6.07) is 11.7. The molecule has 196 valence electrons. The van der Waals surface area contributed by atoms with Crippen LogP contribution in [0.5, 0.6) is 5.75 Å². The summed E-state index contributed by atoms with van der Waals surface area (Å²) in [5, 5.41) is 12.2. The molecule has 2 atom stereocenters. The zero-order chi connectivity index (χ0) is 27.4. The summed E-state index contributed by atoms with van der Waals surface area (Å²) in [6.45, 7) is 0. The van der Waals surface area contributed by atoms with Crippen LogP contribution in [0.4, 0.5) is 32.0 Å². The molecular formula is C25H20F6N2O4. The highest BCUT2D eigenvalue weighted by Gasteiger charge is 2.50. The van der Waals surface area contributed by atoms with Crippen LogP contribution in [0.15, 0.2) is 78.9 Å². The summed E-state index contributed by atoms with van der Waals surface area (Å²) in [5.41, 5.74) is -1.35. The number of halogens is 6. The van der Waals surface area contributed by atoms with Gasteiger partial charge in [0.25, 0.3) is 0 Å². The van der Waals surface area contributed by atoms with Crippen molar-refractivity contribution in [3.63, 3.8) is 0 Å². The number of methoxy groups -OCH3 is 1. The van der Waals surface area contributed by atoms with Gasteiger partial charge in [0.2, 0.25) is 6.04 Å². The van der Waals surface area contributed by atoms with E-state index in [0.29, 0.717) is 17.7 Å². The number of rotatable bonds is 8. The van der Waals surface area contributed by atoms with E-state index in [2.05, 4.69) is 0 Å². The maximum Gasteiger partial charge on any atom is 0.471 e. The molecule has 0 radical (unpaired) electrons. The zero-order valence-corrected chi connectivity index (χ0v) is 19.2. The fraction of sp³-hybridized carbons (Fsp3) is 0.240. The van der Waals surface area contributed by atoms with Crippen LogP contribution in [0.2, 0.25) is 0 Å². The second-order valence-electron chi connectivity index (χ2n) is 7.98. The van der Waals surface area contributed by atoms with Crippen molar-refractivity contribution in [2.75, 3.05) is 12.0 Å². The van der Waals surface area contributed by atoms with Crippen molar-refractivity contribution in [2.45, 2.75) is 30.9 Å². The van der Waals surface area contributed by atoms with Crippen LogP contribution in [0, 0.1) is 10.1 Å². The molecule has 3 aromatic carbocycles. The topological polar surface area (TPSA) is 72.7 Å². The first kappa shape index (κ1) is 27.5. The quantitative estimate of drug-likeness (QED) is 0.198. The van der Waals surface area contributed by atoms with E-state index in [-0.39, 0.29) is 21.9 Å². The maximum atomic E-state index is 13.8. The van der Waals surface area contributed by atoms with Crippen LogP contribution in [0.3, 0.4) is 0 Å². The maximum absolute atomic E-state index is 13.8. The highest BCUT2D eigenvalue weighted by Crippen LogP contribution is 2.38. The average Bonchev–Trinajstić information content (AvgIpc) is 2.85. The van der Waals surface area contributed by atoms with E-state index in [0.717, 1.165) is 24.3 Å². The largest absolute Gasteiger partial charge is 0.497 e. The van der Waals surface area contributed by atoms with Crippen LogP contribution in [0.25, 0.3) is 0 Å². The second kappa shape index (κ2) is 10.9. The fourth-order valence-electron chi connectivity index (χ4n) is 3.85. The van der Waals surface area contributed by atoms with Gasteiger partial charge in [0.05, 0.1) is 12.7 Å². The molecular weight excluding hydrogens is 506 g/mol. The molecule has 0 unspecified atom stereocenters. The Bertz CT molecular complexity index is 1210. The van der Waals surface area contributed by atoms with Crippen molar-refractivity contribution in [1.82, 2.24) is 0 Å². The van der Waals surface area contributed by atoms with Gasteiger partial charge in [-0.1, -0.05) is 42.5 Å². The van der Waals surface area contributed by atoms with Crippen molar-refractivity contribution < 1.29 is 40.8 Å². The number of hydrogen-bond donors (Lipinski definition) is 0. The molecule has 0 heterocycles. The number of nitro groups is 1. The van der Waals surface area contributed by atoms with Gasteiger partial charge in [0.1, 0.15) is 11.8 Å². The van der Waals surface area contributed by atoms with Crippen molar-refractivity contribution in [1.29, 1.82) is 0 Å². The van der Waals surface area contributed by atoms with Crippen molar-refractivity contribution in [2.24, 2.45) is 0 Å². The predicted molar refractivity (Wildman–Crippen MR) is 122 cm³/mol. The molecule has 6 nitrogen and oxygen atoms in total. The van der Waals surface area contributed by atoms with Crippen molar-refractivity contribution in [3.8, 4) is 5.75 Å². The van der Waals surface area contributed by atoms with Gasteiger partial charge in [-0.05, 0) is 47.5 Å². The van der Waals surface area contributed by atoms with Crippen LogP contribution >= 0.6 is 0 Å². The van der Waals surface area contributed by atoms with Gasteiger partial charge < -0.3 is 4.74 Å². The van der Waals surface area contributed by atoms with Crippen LogP contribution in [0.1, 0.15) is 22.7 Å². The number of carbonyl (C=O) groups is 1. The number of carbonyl (C=O) groups excluding carboxylic acids is 1. The number of alkyl halides is 6. The molecule has 0 saturated heterocycles. The molecule has 0 saturated carbocycles. The van der Waals surface area contributed by atoms with E-state index in [1.165, 1.54) is 31.4 Å². The molecule has 0 N–H and O–H groups in total. The fourth-order valence-corrected chi connectivity index (χ4v) is 3.85. The molecule has 0 bridgehead atoms. The van der Waals surface area contributed by atoms with Gasteiger partial charge in [-0.15, -0.1) is 0 Å². The Labute approximate surface area is 207 Å². The van der Waals surface area contributed by atoms with Crippen LogP contribution in [-0.2, 0) is 17.4 Å². The van der Waals surface area contributed by atoms with Crippen molar-refractivity contribution >= 4 is 11.6 Å². The van der Waals surface area contributed by atoms with Gasteiger partial charge in [0, 0.05) is 17.0 Å². The number of nitrogens with zero attached hydrogens (tertiary/aromatic N) is 2. The first-order valence-corrected chi connectivity index (χ1v) is 10.7. The van der Waals surface area contributed by atoms with Gasteiger partial charge >= 0.3 is 18.3 Å². The molecule has 12 heteroatoms. The standard InChI is InChI=1S/C25H20F6N2O4/c1-37-20-13-11-19(12-14-20)32(23(34)25(29,30)31)22(17-7-9-18(10-8-17)24(26,27)28)21(33(35)36)15-16-5-3-2-4-6-16/h2-14,21-22H,15H2,1H3/t21-,22+/m1/s1. The molecule has 3 aromatic rings. The Kier molecular flexibility index (Phi) is 8.09. The van der Waals surface area contributed by atoms with Gasteiger partial charge in [-0.25, -0.2) is 0 Å². The first-order chi connectivity index (χ1) is 17.3. The summed E-state index contributed by atoms with van der Waals surface area (Å²) in [7, 11) is 1.31. The van der Waals surface area contributed by atoms with Gasteiger partial charge in [0.15, 0.2) is 0 Å². The normalized spacial score (nSPS) is 13.5. The smallest absolute Gasteiger partial charge is 0.471 e. The lowest BCUT2D eigenvalue weighted by molar-refractivity contribution is -0.526. The highest BCUT2D eigenvalue weighted by atomic mass is 19.4. The summed E-state index contributed by atoms with van der Waals surface area (Å²) >= 11 is 0. The molecule has 0 aliphatic rings. The lowest BCUT2D eigenvalue weighted by Crippen LogP contribution is -2.49. The Hall–Kier alpha value is -4.09. The number of anilines is 1. The Morgan fingerprint density at radius 2 is 1.49 bits per heavy atom. The number of amides is 1. The SMILES string of the molecule is COc1ccc(N(C(=O)C(F)(F)F)[C@@H](c2ccc(C(F)(F)F)cc2)[C@@H](Cc2ccccc2)[N+](=O)[O-])cc1. The summed E-state index contributed by atoms with van der Waals surface area (Å²) in [4.78, 5) is 24.3. The van der Waals surface area contributed by atoms with E-state index in [9.17, 15) is 41.3 Å².